The Labute approximate surface area is 142 Å². The summed E-state index contributed by atoms with van der Waals surface area (Å²) in [6.07, 6.45) is 0. The van der Waals surface area contributed by atoms with Gasteiger partial charge in [-0.25, -0.2) is 12.8 Å². The molecule has 9 heteroatoms. The molecule has 1 amide bonds. The van der Waals surface area contributed by atoms with E-state index in [1.807, 2.05) is 0 Å². The molecule has 134 valence electrons. The summed E-state index contributed by atoms with van der Waals surface area (Å²) in [6, 6.07) is 10.4. The molecule has 2 rings (SSSR count). The number of sulfone groups is 1. The van der Waals surface area contributed by atoms with Gasteiger partial charge >= 0.3 is 5.76 Å². The quantitative estimate of drug-likeness (QED) is 0.733. The molecule has 2 aromatic carbocycles. The molecule has 0 spiro atoms. The molecule has 2 N–H and O–H groups in total. The molecular formula is C16H15F3N2O3S. The van der Waals surface area contributed by atoms with Crippen molar-refractivity contribution in [1.82, 2.24) is 5.32 Å². The smallest absolute Gasteiger partial charge is 0.341 e. The van der Waals surface area contributed by atoms with Crippen LogP contribution in [0.15, 0.2) is 53.4 Å². The van der Waals surface area contributed by atoms with E-state index < -0.39 is 32.2 Å². The minimum Gasteiger partial charge on any atom is -0.383 e. The third kappa shape index (κ3) is 4.72. The van der Waals surface area contributed by atoms with Crippen molar-refractivity contribution in [2.45, 2.75) is 10.7 Å². The lowest BCUT2D eigenvalue weighted by Gasteiger charge is -2.09. The Morgan fingerprint density at radius 3 is 2.24 bits per heavy atom. The van der Waals surface area contributed by atoms with E-state index in [2.05, 4.69) is 10.6 Å². The molecule has 0 radical (unpaired) electrons. The number of hydrogen-bond donors (Lipinski definition) is 2. The maximum Gasteiger partial charge on any atom is 0.341 e. The molecule has 2 aromatic rings. The van der Waals surface area contributed by atoms with Gasteiger partial charge < -0.3 is 10.6 Å². The van der Waals surface area contributed by atoms with Gasteiger partial charge in [-0.15, -0.1) is 0 Å². The van der Waals surface area contributed by atoms with Crippen LogP contribution in [-0.2, 0) is 9.84 Å². The molecule has 0 bridgehead atoms. The Morgan fingerprint density at radius 1 is 1.00 bits per heavy atom. The predicted octanol–water partition coefficient (Wildman–Crippen LogP) is 2.66. The summed E-state index contributed by atoms with van der Waals surface area (Å²) in [7, 11) is -4.62. The minimum atomic E-state index is -4.62. The Bertz CT molecular complexity index is 840. The predicted molar refractivity (Wildman–Crippen MR) is 86.9 cm³/mol. The van der Waals surface area contributed by atoms with Crippen molar-refractivity contribution in [3.05, 3.63) is 59.9 Å². The van der Waals surface area contributed by atoms with Crippen molar-refractivity contribution in [3.63, 3.8) is 0 Å². The molecule has 0 aromatic heterocycles. The average Bonchev–Trinajstić information content (AvgIpc) is 2.59. The fourth-order valence-corrected chi connectivity index (χ4v) is 2.71. The van der Waals surface area contributed by atoms with Gasteiger partial charge in [0.1, 0.15) is 5.82 Å². The Kier molecular flexibility index (Phi) is 6.02. The molecule has 0 aliphatic heterocycles. The van der Waals surface area contributed by atoms with Gasteiger partial charge in [0.05, 0.1) is 10.5 Å². The van der Waals surface area contributed by atoms with E-state index >= 15 is 0 Å². The van der Waals surface area contributed by atoms with E-state index in [9.17, 15) is 26.4 Å². The normalized spacial score (nSPS) is 11.4. The van der Waals surface area contributed by atoms with Gasteiger partial charge in [0.25, 0.3) is 5.91 Å². The second-order valence-electron chi connectivity index (χ2n) is 4.99. The van der Waals surface area contributed by atoms with Gasteiger partial charge in [0.15, 0.2) is 0 Å². The van der Waals surface area contributed by atoms with Gasteiger partial charge in [-0.2, -0.15) is 8.78 Å². The maximum atomic E-state index is 13.4. The number of rotatable bonds is 7. The third-order valence-electron chi connectivity index (χ3n) is 3.28. The van der Waals surface area contributed by atoms with Crippen molar-refractivity contribution in [3.8, 4) is 0 Å². The van der Waals surface area contributed by atoms with Crippen LogP contribution in [0.5, 0.6) is 0 Å². The van der Waals surface area contributed by atoms with Crippen LogP contribution in [0.4, 0.5) is 18.9 Å². The highest BCUT2D eigenvalue weighted by molar-refractivity contribution is 7.91. The molecular weight excluding hydrogens is 357 g/mol. The number of amides is 1. The summed E-state index contributed by atoms with van der Waals surface area (Å²) in [6.45, 7) is 0.464. The fraction of sp³-hybridized carbons (Fsp3) is 0.188. The molecule has 5 nitrogen and oxygen atoms in total. The van der Waals surface area contributed by atoms with Crippen LogP contribution in [-0.4, -0.2) is 33.2 Å². The highest BCUT2D eigenvalue weighted by Crippen LogP contribution is 2.20. The largest absolute Gasteiger partial charge is 0.383 e. The average molecular weight is 372 g/mol. The molecule has 0 heterocycles. The highest BCUT2D eigenvalue weighted by Gasteiger charge is 2.26. The zero-order valence-corrected chi connectivity index (χ0v) is 13.7. The van der Waals surface area contributed by atoms with Crippen molar-refractivity contribution < 1.29 is 26.4 Å². The monoisotopic (exact) mass is 372 g/mol. The second kappa shape index (κ2) is 8.02. The van der Waals surface area contributed by atoms with Gasteiger partial charge in [-0.05, 0) is 36.4 Å². The third-order valence-corrected chi connectivity index (χ3v) is 4.67. The lowest BCUT2D eigenvalue weighted by Crippen LogP contribution is -2.29. The first-order valence-electron chi connectivity index (χ1n) is 7.21. The Morgan fingerprint density at radius 2 is 1.64 bits per heavy atom. The number of benzene rings is 2. The van der Waals surface area contributed by atoms with Crippen LogP contribution in [0.25, 0.3) is 0 Å². The van der Waals surface area contributed by atoms with Gasteiger partial charge in [-0.3, -0.25) is 4.79 Å². The van der Waals surface area contributed by atoms with Crippen LogP contribution in [0.1, 0.15) is 10.4 Å². The second-order valence-corrected chi connectivity index (χ2v) is 6.91. The maximum absolute atomic E-state index is 13.4. The van der Waals surface area contributed by atoms with E-state index in [0.29, 0.717) is 5.69 Å². The lowest BCUT2D eigenvalue weighted by molar-refractivity contribution is 0.0951. The Balaban J connectivity index is 1.85. The standard InChI is InChI=1S/C16H15F3N2O3S/c17-14-4-2-1-3-13(14)15(22)21-10-9-20-11-5-7-12(8-6-11)25(23,24)16(18)19/h1-8,16,20H,9-10H2,(H,21,22). The summed E-state index contributed by atoms with van der Waals surface area (Å²) in [5.41, 5.74) is 0.428. The first-order valence-corrected chi connectivity index (χ1v) is 8.75. The number of hydrogen-bond acceptors (Lipinski definition) is 4. The number of carbonyl (C=O) groups is 1. The number of anilines is 1. The van der Waals surface area contributed by atoms with E-state index in [4.69, 9.17) is 0 Å². The summed E-state index contributed by atoms with van der Waals surface area (Å²) >= 11 is 0. The van der Waals surface area contributed by atoms with Crippen LogP contribution in [0, 0.1) is 5.82 Å². The van der Waals surface area contributed by atoms with Crippen molar-refractivity contribution in [2.75, 3.05) is 18.4 Å². The van der Waals surface area contributed by atoms with E-state index in [1.54, 1.807) is 6.07 Å². The van der Waals surface area contributed by atoms with Gasteiger partial charge in [0.2, 0.25) is 9.84 Å². The summed E-state index contributed by atoms with van der Waals surface area (Å²) in [5.74, 6) is -4.65. The zero-order valence-electron chi connectivity index (χ0n) is 12.9. The molecule has 0 fully saturated rings. The first-order chi connectivity index (χ1) is 11.8. The van der Waals surface area contributed by atoms with E-state index in [-0.39, 0.29) is 18.7 Å². The summed E-state index contributed by atoms with van der Waals surface area (Å²) in [5, 5.41) is 5.41. The SMILES string of the molecule is O=C(NCCNc1ccc(S(=O)(=O)C(F)F)cc1)c1ccccc1F. The van der Waals surface area contributed by atoms with Crippen LogP contribution in [0.2, 0.25) is 0 Å². The molecule has 0 aliphatic carbocycles. The minimum absolute atomic E-state index is 0.0657. The lowest BCUT2D eigenvalue weighted by atomic mass is 10.2. The molecule has 0 saturated heterocycles. The van der Waals surface area contributed by atoms with Crippen LogP contribution >= 0.6 is 0 Å². The number of halogens is 3. The summed E-state index contributed by atoms with van der Waals surface area (Å²) in [4.78, 5) is 11.3. The van der Waals surface area contributed by atoms with E-state index in [1.165, 1.54) is 30.3 Å². The summed E-state index contributed by atoms with van der Waals surface area (Å²) < 4.78 is 60.9. The van der Waals surface area contributed by atoms with Gasteiger partial charge in [-0.1, -0.05) is 12.1 Å². The number of alkyl halides is 2. The molecule has 0 aliphatic rings. The topological polar surface area (TPSA) is 75.3 Å². The van der Waals surface area contributed by atoms with Crippen molar-refractivity contribution >= 4 is 21.4 Å². The molecule has 0 atom stereocenters. The highest BCUT2D eigenvalue weighted by atomic mass is 32.2. The van der Waals surface area contributed by atoms with E-state index in [0.717, 1.165) is 12.1 Å². The van der Waals surface area contributed by atoms with Gasteiger partial charge in [0, 0.05) is 18.8 Å². The number of nitrogens with one attached hydrogen (secondary N) is 2. The van der Waals surface area contributed by atoms with Crippen LogP contribution < -0.4 is 10.6 Å². The Hall–Kier alpha value is -2.55. The molecule has 0 unspecified atom stereocenters. The first kappa shape index (κ1) is 18.8. The van der Waals surface area contributed by atoms with Crippen molar-refractivity contribution in [1.29, 1.82) is 0 Å². The molecule has 25 heavy (non-hydrogen) atoms. The van der Waals surface area contributed by atoms with Crippen LogP contribution in [0.3, 0.4) is 0 Å². The zero-order chi connectivity index (χ0) is 18.4. The van der Waals surface area contributed by atoms with Crippen molar-refractivity contribution in [2.24, 2.45) is 0 Å². The fourth-order valence-electron chi connectivity index (χ4n) is 1.99. The number of carbonyl (C=O) groups excluding carboxylic acids is 1. The molecule has 0 saturated carbocycles.